The molecular formula is C23H20Cl2N4O3S. The van der Waals surface area contributed by atoms with Crippen LogP contribution in [0.4, 0.5) is 5.69 Å². The summed E-state index contributed by atoms with van der Waals surface area (Å²) in [6, 6.07) is 12.8. The summed E-state index contributed by atoms with van der Waals surface area (Å²) < 4.78 is 18.2. The maximum absolute atomic E-state index is 6.18. The minimum Gasteiger partial charge on any atom is -0.493 e. The van der Waals surface area contributed by atoms with Gasteiger partial charge in [0.15, 0.2) is 11.5 Å². The summed E-state index contributed by atoms with van der Waals surface area (Å²) in [6.07, 6.45) is 3.56. The highest BCUT2D eigenvalue weighted by Gasteiger charge is 2.17. The van der Waals surface area contributed by atoms with Crippen LogP contribution in [-0.4, -0.2) is 37.2 Å². The third-order valence-electron chi connectivity index (χ3n) is 4.71. The lowest BCUT2D eigenvalue weighted by molar-refractivity contribution is 0.324. The van der Waals surface area contributed by atoms with E-state index in [9.17, 15) is 0 Å². The number of hydrogen-bond donors (Lipinski definition) is 1. The molecule has 10 heteroatoms. The highest BCUT2D eigenvalue weighted by atomic mass is 35.5. The minimum atomic E-state index is 0.431. The monoisotopic (exact) mass is 502 g/mol. The number of benzene rings is 2. The smallest absolute Gasteiger partial charge is 0.211 e. The third kappa shape index (κ3) is 4.93. The lowest BCUT2D eigenvalue weighted by Gasteiger charge is -2.14. The van der Waals surface area contributed by atoms with Gasteiger partial charge in [0.05, 0.1) is 54.7 Å². The van der Waals surface area contributed by atoms with Crippen LogP contribution < -0.4 is 19.0 Å². The largest absolute Gasteiger partial charge is 0.493 e. The molecule has 170 valence electrons. The molecule has 7 nitrogen and oxygen atoms in total. The second kappa shape index (κ2) is 10.2. The van der Waals surface area contributed by atoms with Crippen molar-refractivity contribution in [2.24, 2.45) is 10.1 Å². The van der Waals surface area contributed by atoms with Crippen LogP contribution in [0.1, 0.15) is 5.69 Å². The van der Waals surface area contributed by atoms with Gasteiger partial charge < -0.3 is 19.2 Å². The van der Waals surface area contributed by atoms with Crippen molar-refractivity contribution in [2.45, 2.75) is 0 Å². The van der Waals surface area contributed by atoms with Crippen LogP contribution >= 0.6 is 34.5 Å². The lowest BCUT2D eigenvalue weighted by Crippen LogP contribution is -2.11. The predicted octanol–water partition coefficient (Wildman–Crippen LogP) is 5.99. The Morgan fingerprint density at radius 3 is 2.33 bits per heavy atom. The Morgan fingerprint density at radius 2 is 1.73 bits per heavy atom. The first-order valence-electron chi connectivity index (χ1n) is 9.72. The van der Waals surface area contributed by atoms with E-state index in [2.05, 4.69) is 10.1 Å². The van der Waals surface area contributed by atoms with Crippen LogP contribution in [0.25, 0.3) is 11.3 Å². The Kier molecular flexibility index (Phi) is 7.08. The van der Waals surface area contributed by atoms with E-state index in [0.29, 0.717) is 37.8 Å². The molecule has 4 rings (SSSR count). The van der Waals surface area contributed by atoms with Crippen LogP contribution in [0, 0.1) is 0 Å². The van der Waals surface area contributed by atoms with Gasteiger partial charge in [-0.15, -0.1) is 11.3 Å². The first-order valence-corrected chi connectivity index (χ1v) is 11.4. The number of rotatable bonds is 7. The summed E-state index contributed by atoms with van der Waals surface area (Å²) in [4.78, 5) is 8.49. The van der Waals surface area contributed by atoms with E-state index in [0.717, 1.165) is 17.0 Å². The first kappa shape index (κ1) is 23.0. The maximum Gasteiger partial charge on any atom is 0.211 e. The van der Waals surface area contributed by atoms with Crippen molar-refractivity contribution in [3.8, 4) is 28.5 Å². The van der Waals surface area contributed by atoms with Gasteiger partial charge in [0.2, 0.25) is 10.6 Å². The van der Waals surface area contributed by atoms with Gasteiger partial charge >= 0.3 is 0 Å². The molecule has 0 atom stereocenters. The molecule has 0 bridgehead atoms. The molecule has 0 fully saturated rings. The van der Waals surface area contributed by atoms with E-state index in [1.165, 1.54) is 11.3 Å². The molecule has 0 aliphatic rings. The van der Waals surface area contributed by atoms with E-state index in [-0.39, 0.29) is 0 Å². The molecule has 0 unspecified atom stereocenters. The van der Waals surface area contributed by atoms with Crippen molar-refractivity contribution < 1.29 is 14.2 Å². The summed E-state index contributed by atoms with van der Waals surface area (Å²) in [5.74, 6) is 1.60. The second-order valence-corrected chi connectivity index (χ2v) is 8.36. The number of H-pyrrole nitrogens is 1. The number of aromatic amines is 1. The standard InChI is InChI=1S/C23H20Cl2N4O3S/c1-30-20-9-14(10-21(31-2)22(20)32-3)19-13-33-23(28-15-6-7-17(24)18(25)11-15)29(19)27-12-16-5-4-8-26-16/h4-13,26H,1-3H3. The number of ether oxygens (including phenoxy) is 3. The zero-order chi connectivity index (χ0) is 23.4. The quantitative estimate of drug-likeness (QED) is 0.315. The van der Waals surface area contributed by atoms with E-state index in [4.69, 9.17) is 42.4 Å². The zero-order valence-electron chi connectivity index (χ0n) is 18.0. The number of thiazole rings is 1. The number of nitrogens with one attached hydrogen (secondary N) is 1. The number of halogens is 2. The summed E-state index contributed by atoms with van der Waals surface area (Å²) in [6.45, 7) is 0. The fourth-order valence-electron chi connectivity index (χ4n) is 3.13. The molecule has 1 N–H and O–H groups in total. The Hall–Kier alpha value is -3.20. The number of hydrogen-bond acceptors (Lipinski definition) is 6. The van der Waals surface area contributed by atoms with Crippen molar-refractivity contribution in [1.82, 2.24) is 9.66 Å². The molecule has 0 aliphatic heterocycles. The molecule has 0 amide bonds. The van der Waals surface area contributed by atoms with Crippen molar-refractivity contribution in [1.29, 1.82) is 0 Å². The van der Waals surface area contributed by atoms with E-state index in [1.54, 1.807) is 50.4 Å². The summed E-state index contributed by atoms with van der Waals surface area (Å²) >= 11 is 13.7. The lowest BCUT2D eigenvalue weighted by atomic mass is 10.1. The zero-order valence-corrected chi connectivity index (χ0v) is 20.3. The van der Waals surface area contributed by atoms with Gasteiger partial charge in [0.1, 0.15) is 0 Å². The SMILES string of the molecule is COc1cc(-c2csc(=Nc3ccc(Cl)c(Cl)c3)n2N=Cc2ccc[nH]2)cc(OC)c1OC. The van der Waals surface area contributed by atoms with Crippen molar-refractivity contribution >= 4 is 46.4 Å². The van der Waals surface area contributed by atoms with Crippen LogP contribution in [0.3, 0.4) is 0 Å². The molecule has 2 aromatic heterocycles. The number of nitrogens with zero attached hydrogens (tertiary/aromatic N) is 3. The first-order chi connectivity index (χ1) is 16.0. The average molecular weight is 503 g/mol. The molecule has 4 aromatic rings. The third-order valence-corrected chi connectivity index (χ3v) is 6.26. The number of methoxy groups -OCH3 is 3. The fourth-order valence-corrected chi connectivity index (χ4v) is 4.27. The molecule has 2 heterocycles. The van der Waals surface area contributed by atoms with Crippen molar-refractivity contribution in [2.75, 3.05) is 21.3 Å². The van der Waals surface area contributed by atoms with E-state index in [1.807, 2.05) is 35.8 Å². The van der Waals surface area contributed by atoms with Crippen LogP contribution in [0.2, 0.25) is 10.0 Å². The van der Waals surface area contributed by atoms with Crippen LogP contribution in [0.15, 0.2) is 64.1 Å². The summed E-state index contributed by atoms with van der Waals surface area (Å²) in [5, 5.41) is 7.54. The Morgan fingerprint density at radius 1 is 0.970 bits per heavy atom. The summed E-state index contributed by atoms with van der Waals surface area (Å²) in [7, 11) is 4.73. The van der Waals surface area contributed by atoms with Crippen molar-refractivity contribution in [3.63, 3.8) is 0 Å². The molecular weight excluding hydrogens is 483 g/mol. The van der Waals surface area contributed by atoms with Gasteiger partial charge in [0, 0.05) is 17.1 Å². The second-order valence-electron chi connectivity index (χ2n) is 6.71. The highest BCUT2D eigenvalue weighted by molar-refractivity contribution is 7.07. The molecule has 0 spiro atoms. The maximum atomic E-state index is 6.18. The average Bonchev–Trinajstić information content (AvgIpc) is 3.49. The molecule has 0 radical (unpaired) electrons. The number of aromatic nitrogens is 2. The molecule has 33 heavy (non-hydrogen) atoms. The van der Waals surface area contributed by atoms with E-state index < -0.39 is 0 Å². The van der Waals surface area contributed by atoms with Crippen LogP contribution in [0.5, 0.6) is 17.2 Å². The Balaban J connectivity index is 1.90. The molecule has 0 saturated carbocycles. The van der Waals surface area contributed by atoms with E-state index >= 15 is 0 Å². The van der Waals surface area contributed by atoms with Gasteiger partial charge in [-0.2, -0.15) is 5.10 Å². The van der Waals surface area contributed by atoms with Crippen LogP contribution in [-0.2, 0) is 0 Å². The van der Waals surface area contributed by atoms with Gasteiger partial charge in [-0.1, -0.05) is 23.2 Å². The molecule has 0 aliphatic carbocycles. The van der Waals surface area contributed by atoms with Gasteiger partial charge in [-0.3, -0.25) is 0 Å². The predicted molar refractivity (Wildman–Crippen MR) is 133 cm³/mol. The Bertz CT molecular complexity index is 1340. The highest BCUT2D eigenvalue weighted by Crippen LogP contribution is 2.41. The molecule has 0 saturated heterocycles. The normalized spacial score (nSPS) is 11.8. The molecule has 2 aromatic carbocycles. The fraction of sp³-hybridized carbons (Fsp3) is 0.130. The van der Waals surface area contributed by atoms with Gasteiger partial charge in [-0.05, 0) is 42.5 Å². The summed E-state index contributed by atoms with van der Waals surface area (Å²) in [5.41, 5.74) is 3.12. The van der Waals surface area contributed by atoms with Crippen molar-refractivity contribution in [3.05, 3.63) is 74.6 Å². The van der Waals surface area contributed by atoms with Gasteiger partial charge in [-0.25, -0.2) is 9.67 Å². The minimum absolute atomic E-state index is 0.431. The Labute approximate surface area is 204 Å². The topological polar surface area (TPSA) is 73.1 Å². The van der Waals surface area contributed by atoms with Gasteiger partial charge in [0.25, 0.3) is 0 Å².